The topological polar surface area (TPSA) is 26.3 Å². The standard InChI is InChI=1S/C9H16O2/c1-5-6(2)8(4)11-9(10)7(5)3/h5-8H,1-4H3/t5-,6-,7+,8-/m0/s1. The monoisotopic (exact) mass is 156 g/mol. The van der Waals surface area contributed by atoms with Gasteiger partial charge in [-0.25, -0.2) is 0 Å². The van der Waals surface area contributed by atoms with E-state index < -0.39 is 0 Å². The Labute approximate surface area is 67.9 Å². The number of esters is 1. The van der Waals surface area contributed by atoms with Gasteiger partial charge in [0.05, 0.1) is 5.92 Å². The zero-order valence-corrected chi connectivity index (χ0v) is 7.63. The van der Waals surface area contributed by atoms with Crippen molar-refractivity contribution in [3.05, 3.63) is 0 Å². The highest BCUT2D eigenvalue weighted by Crippen LogP contribution is 2.30. The maximum Gasteiger partial charge on any atom is 0.309 e. The molecule has 0 aromatic heterocycles. The Morgan fingerprint density at radius 1 is 1.09 bits per heavy atom. The second kappa shape index (κ2) is 2.84. The van der Waals surface area contributed by atoms with Gasteiger partial charge >= 0.3 is 5.97 Å². The van der Waals surface area contributed by atoms with Crippen molar-refractivity contribution in [2.45, 2.75) is 33.8 Å². The van der Waals surface area contributed by atoms with Crippen LogP contribution in [-0.4, -0.2) is 12.1 Å². The second-order valence-corrected chi connectivity index (χ2v) is 3.65. The molecular weight excluding hydrogens is 140 g/mol. The number of cyclic esters (lactones) is 1. The summed E-state index contributed by atoms with van der Waals surface area (Å²) in [6, 6.07) is 0. The first-order chi connectivity index (χ1) is 5.04. The number of carbonyl (C=O) groups excluding carboxylic acids is 1. The summed E-state index contributed by atoms with van der Waals surface area (Å²) in [6.07, 6.45) is 0.0914. The highest BCUT2D eigenvalue weighted by atomic mass is 16.5. The summed E-state index contributed by atoms with van der Waals surface area (Å²) in [7, 11) is 0. The molecule has 1 rings (SSSR count). The molecule has 1 aliphatic rings. The predicted octanol–water partition coefficient (Wildman–Crippen LogP) is 1.84. The molecular formula is C9H16O2. The Bertz CT molecular complexity index is 165. The van der Waals surface area contributed by atoms with Gasteiger partial charge in [-0.2, -0.15) is 0 Å². The molecule has 1 aliphatic heterocycles. The number of ether oxygens (including phenoxy) is 1. The van der Waals surface area contributed by atoms with E-state index in [-0.39, 0.29) is 18.0 Å². The molecule has 0 saturated carbocycles. The van der Waals surface area contributed by atoms with Crippen LogP contribution in [-0.2, 0) is 9.53 Å². The van der Waals surface area contributed by atoms with Gasteiger partial charge in [-0.15, -0.1) is 0 Å². The van der Waals surface area contributed by atoms with Crippen molar-refractivity contribution in [1.82, 2.24) is 0 Å². The quantitative estimate of drug-likeness (QED) is 0.500. The van der Waals surface area contributed by atoms with Crippen molar-refractivity contribution in [2.24, 2.45) is 17.8 Å². The molecule has 4 atom stereocenters. The van der Waals surface area contributed by atoms with Crippen LogP contribution in [0.25, 0.3) is 0 Å². The third-order valence-electron chi connectivity index (χ3n) is 3.03. The van der Waals surface area contributed by atoms with Crippen LogP contribution in [0, 0.1) is 17.8 Å². The zero-order chi connectivity index (χ0) is 8.59. The van der Waals surface area contributed by atoms with Gasteiger partial charge < -0.3 is 4.74 Å². The summed E-state index contributed by atoms with van der Waals surface area (Å²) in [5, 5.41) is 0. The van der Waals surface area contributed by atoms with Gasteiger partial charge in [0.2, 0.25) is 0 Å². The van der Waals surface area contributed by atoms with Crippen molar-refractivity contribution >= 4 is 5.97 Å². The molecule has 0 aliphatic carbocycles. The second-order valence-electron chi connectivity index (χ2n) is 3.65. The number of hydrogen-bond acceptors (Lipinski definition) is 2. The lowest BCUT2D eigenvalue weighted by molar-refractivity contribution is -0.167. The summed E-state index contributed by atoms with van der Waals surface area (Å²) in [5.41, 5.74) is 0. The summed E-state index contributed by atoms with van der Waals surface area (Å²) >= 11 is 0. The van der Waals surface area contributed by atoms with Crippen LogP contribution in [0.3, 0.4) is 0 Å². The number of carbonyl (C=O) groups is 1. The van der Waals surface area contributed by atoms with Gasteiger partial charge in [-0.1, -0.05) is 20.8 Å². The van der Waals surface area contributed by atoms with Crippen LogP contribution in [0.15, 0.2) is 0 Å². The largest absolute Gasteiger partial charge is 0.462 e. The molecule has 2 nitrogen and oxygen atoms in total. The molecule has 11 heavy (non-hydrogen) atoms. The van der Waals surface area contributed by atoms with E-state index in [2.05, 4.69) is 13.8 Å². The van der Waals surface area contributed by atoms with Crippen LogP contribution in [0.4, 0.5) is 0 Å². The SMILES string of the molecule is C[C@H]1[C@H](C)[C@@H](C)C(=O)O[C@H]1C. The first kappa shape index (κ1) is 8.57. The smallest absolute Gasteiger partial charge is 0.309 e. The van der Waals surface area contributed by atoms with E-state index in [0.717, 1.165) is 0 Å². The Hall–Kier alpha value is -0.530. The van der Waals surface area contributed by atoms with Crippen molar-refractivity contribution in [3.8, 4) is 0 Å². The van der Waals surface area contributed by atoms with Crippen LogP contribution >= 0.6 is 0 Å². The first-order valence-corrected chi connectivity index (χ1v) is 4.24. The third-order valence-corrected chi connectivity index (χ3v) is 3.03. The first-order valence-electron chi connectivity index (χ1n) is 4.24. The van der Waals surface area contributed by atoms with Gasteiger partial charge in [0, 0.05) is 0 Å². The lowest BCUT2D eigenvalue weighted by Gasteiger charge is -2.35. The molecule has 1 heterocycles. The van der Waals surface area contributed by atoms with Gasteiger partial charge in [-0.3, -0.25) is 4.79 Å². The normalized spacial score (nSPS) is 45.3. The average Bonchev–Trinajstić information content (AvgIpc) is 1.97. The van der Waals surface area contributed by atoms with Crippen molar-refractivity contribution in [3.63, 3.8) is 0 Å². The lowest BCUT2D eigenvalue weighted by Crippen LogP contribution is -2.40. The van der Waals surface area contributed by atoms with Crippen molar-refractivity contribution in [1.29, 1.82) is 0 Å². The fourth-order valence-electron chi connectivity index (χ4n) is 1.50. The third kappa shape index (κ3) is 1.39. The number of rotatable bonds is 0. The molecule has 0 bridgehead atoms. The summed E-state index contributed by atoms with van der Waals surface area (Å²) in [4.78, 5) is 11.1. The molecule has 1 fully saturated rings. The number of hydrogen-bond donors (Lipinski definition) is 0. The maximum absolute atomic E-state index is 11.1. The molecule has 0 N–H and O–H groups in total. The van der Waals surface area contributed by atoms with E-state index in [9.17, 15) is 4.79 Å². The van der Waals surface area contributed by atoms with Crippen molar-refractivity contribution in [2.75, 3.05) is 0 Å². The van der Waals surface area contributed by atoms with Crippen LogP contribution in [0.1, 0.15) is 27.7 Å². The molecule has 0 radical (unpaired) electrons. The fraction of sp³-hybridized carbons (Fsp3) is 0.889. The summed E-state index contributed by atoms with van der Waals surface area (Å²) in [5.74, 6) is 0.971. The minimum atomic E-state index is -0.0388. The summed E-state index contributed by atoms with van der Waals surface area (Å²) in [6.45, 7) is 8.16. The highest BCUT2D eigenvalue weighted by molar-refractivity contribution is 5.73. The Balaban J connectivity index is 2.70. The Kier molecular flexibility index (Phi) is 2.21. The van der Waals surface area contributed by atoms with E-state index in [1.807, 2.05) is 13.8 Å². The Morgan fingerprint density at radius 3 is 2.18 bits per heavy atom. The molecule has 0 aromatic carbocycles. The van der Waals surface area contributed by atoms with Gasteiger partial charge in [0.1, 0.15) is 6.10 Å². The van der Waals surface area contributed by atoms with E-state index in [0.29, 0.717) is 11.8 Å². The molecule has 0 amide bonds. The zero-order valence-electron chi connectivity index (χ0n) is 7.63. The molecule has 0 aromatic rings. The van der Waals surface area contributed by atoms with Crippen LogP contribution in [0.2, 0.25) is 0 Å². The minimum Gasteiger partial charge on any atom is -0.462 e. The van der Waals surface area contributed by atoms with Gasteiger partial charge in [0.25, 0.3) is 0 Å². The van der Waals surface area contributed by atoms with E-state index in [1.165, 1.54) is 0 Å². The molecule has 1 saturated heterocycles. The lowest BCUT2D eigenvalue weighted by atomic mass is 9.80. The van der Waals surface area contributed by atoms with Crippen molar-refractivity contribution < 1.29 is 9.53 Å². The Morgan fingerprint density at radius 2 is 1.64 bits per heavy atom. The molecule has 0 unspecified atom stereocenters. The van der Waals surface area contributed by atoms with E-state index in [4.69, 9.17) is 4.74 Å². The molecule has 64 valence electrons. The van der Waals surface area contributed by atoms with E-state index in [1.54, 1.807) is 0 Å². The predicted molar refractivity (Wildman–Crippen MR) is 43.0 cm³/mol. The minimum absolute atomic E-state index is 0.0388. The molecule has 0 spiro atoms. The molecule has 2 heteroatoms. The maximum atomic E-state index is 11.1. The van der Waals surface area contributed by atoms with E-state index >= 15 is 0 Å². The fourth-order valence-corrected chi connectivity index (χ4v) is 1.50. The average molecular weight is 156 g/mol. The summed E-state index contributed by atoms with van der Waals surface area (Å²) < 4.78 is 5.14. The van der Waals surface area contributed by atoms with Crippen LogP contribution in [0.5, 0.6) is 0 Å². The van der Waals surface area contributed by atoms with Crippen LogP contribution < -0.4 is 0 Å². The van der Waals surface area contributed by atoms with Gasteiger partial charge in [-0.05, 0) is 18.8 Å². The van der Waals surface area contributed by atoms with Gasteiger partial charge in [0.15, 0.2) is 0 Å². The highest BCUT2D eigenvalue weighted by Gasteiger charge is 2.36.